The molecule has 1 saturated carbocycles. The molecule has 1 aromatic heterocycles. The van der Waals surface area contributed by atoms with E-state index in [-0.39, 0.29) is 28.5 Å². The summed E-state index contributed by atoms with van der Waals surface area (Å²) in [4.78, 5) is 40.9. The van der Waals surface area contributed by atoms with Crippen LogP contribution in [0.4, 0.5) is 0 Å². The molecule has 6 nitrogen and oxygen atoms in total. The topological polar surface area (TPSA) is 71.4 Å². The van der Waals surface area contributed by atoms with Crippen molar-refractivity contribution in [3.8, 4) is 0 Å². The fourth-order valence-electron chi connectivity index (χ4n) is 5.79. The summed E-state index contributed by atoms with van der Waals surface area (Å²) in [5.41, 5.74) is 2.25. The van der Waals surface area contributed by atoms with E-state index < -0.39 is 11.3 Å². The maximum absolute atomic E-state index is 13.5. The molecule has 1 spiro atoms. The van der Waals surface area contributed by atoms with Crippen LogP contribution in [0.5, 0.6) is 0 Å². The van der Waals surface area contributed by atoms with Crippen molar-refractivity contribution in [3.63, 3.8) is 0 Å². The predicted molar refractivity (Wildman–Crippen MR) is 129 cm³/mol. The van der Waals surface area contributed by atoms with Gasteiger partial charge in [0.15, 0.2) is 0 Å². The third-order valence-electron chi connectivity index (χ3n) is 7.77. The average molecular weight is 446 g/mol. The second-order valence-electron chi connectivity index (χ2n) is 9.60. The van der Waals surface area contributed by atoms with Crippen molar-refractivity contribution in [2.24, 2.45) is 0 Å². The fraction of sp³-hybridized carbons (Fsp3) is 0.444. The van der Waals surface area contributed by atoms with Crippen molar-refractivity contribution in [1.29, 1.82) is 0 Å². The largest absolute Gasteiger partial charge is 0.355 e. The minimum absolute atomic E-state index is 0.0282. The number of rotatable bonds is 3. The summed E-state index contributed by atoms with van der Waals surface area (Å²) in [7, 11) is 1.51. The Morgan fingerprint density at radius 2 is 1.70 bits per heavy atom. The zero-order valence-corrected chi connectivity index (χ0v) is 19.2. The second kappa shape index (κ2) is 8.65. The Balaban J connectivity index is 1.42. The molecular weight excluding hydrogens is 414 g/mol. The smallest absolute Gasteiger partial charge is 0.259 e. The fourth-order valence-corrected chi connectivity index (χ4v) is 5.79. The molecule has 172 valence electrons. The van der Waals surface area contributed by atoms with Gasteiger partial charge in [-0.15, -0.1) is 0 Å². The molecule has 2 amide bonds. The highest BCUT2D eigenvalue weighted by Gasteiger charge is 2.39. The van der Waals surface area contributed by atoms with Crippen molar-refractivity contribution >= 4 is 17.9 Å². The predicted octanol–water partition coefficient (Wildman–Crippen LogP) is 3.91. The number of nitrogens with one attached hydrogen (secondary N) is 1. The molecule has 6 heteroatoms. The Labute approximate surface area is 194 Å². The van der Waals surface area contributed by atoms with Crippen molar-refractivity contribution in [2.75, 3.05) is 20.1 Å². The van der Waals surface area contributed by atoms with Gasteiger partial charge in [0.2, 0.25) is 5.43 Å². The summed E-state index contributed by atoms with van der Waals surface area (Å²) in [6.07, 6.45) is 14.9. The van der Waals surface area contributed by atoms with Crippen LogP contribution in [0.25, 0.3) is 6.08 Å². The summed E-state index contributed by atoms with van der Waals surface area (Å²) >= 11 is 0. The van der Waals surface area contributed by atoms with Crippen molar-refractivity contribution in [2.45, 2.75) is 56.4 Å². The Kier molecular flexibility index (Phi) is 5.69. The van der Waals surface area contributed by atoms with Crippen LogP contribution < -0.4 is 10.7 Å². The number of aromatic nitrogens is 1. The van der Waals surface area contributed by atoms with Crippen molar-refractivity contribution in [1.82, 2.24) is 14.8 Å². The molecule has 5 rings (SSSR count). The quantitative estimate of drug-likeness (QED) is 0.779. The molecule has 1 aromatic carbocycles. The number of hydrogen-bond donors (Lipinski definition) is 1. The van der Waals surface area contributed by atoms with Gasteiger partial charge < -0.3 is 14.8 Å². The zero-order chi connectivity index (χ0) is 23.0. The average Bonchev–Trinajstić information content (AvgIpc) is 3.22. The summed E-state index contributed by atoms with van der Waals surface area (Å²) in [6, 6.07) is 8.67. The van der Waals surface area contributed by atoms with Gasteiger partial charge >= 0.3 is 0 Å². The highest BCUT2D eigenvalue weighted by atomic mass is 16.2. The number of likely N-dealkylation sites (tertiary alicyclic amines) is 1. The first-order valence-corrected chi connectivity index (χ1v) is 12.1. The maximum Gasteiger partial charge on any atom is 0.259 e. The van der Waals surface area contributed by atoms with E-state index in [0.717, 1.165) is 38.5 Å². The van der Waals surface area contributed by atoms with Crippen LogP contribution in [0.3, 0.4) is 0 Å². The van der Waals surface area contributed by atoms with Gasteiger partial charge in [0.25, 0.3) is 11.8 Å². The molecule has 0 atom stereocenters. The number of amides is 2. The number of benzene rings is 1. The van der Waals surface area contributed by atoms with Crippen LogP contribution in [0.2, 0.25) is 0 Å². The number of pyridine rings is 1. The monoisotopic (exact) mass is 445 g/mol. The van der Waals surface area contributed by atoms with Gasteiger partial charge in [-0.2, -0.15) is 0 Å². The normalized spacial score (nSPS) is 19.5. The van der Waals surface area contributed by atoms with E-state index in [1.807, 2.05) is 4.57 Å². The molecule has 0 unspecified atom stereocenters. The minimum atomic E-state index is -0.474. The first-order chi connectivity index (χ1) is 16.0. The minimum Gasteiger partial charge on any atom is -0.355 e. The number of hydrogen-bond acceptors (Lipinski definition) is 3. The summed E-state index contributed by atoms with van der Waals surface area (Å²) < 4.78 is 1.94. The third-order valence-corrected chi connectivity index (χ3v) is 7.77. The lowest BCUT2D eigenvalue weighted by Crippen LogP contribution is -2.45. The van der Waals surface area contributed by atoms with Gasteiger partial charge in [0.05, 0.1) is 0 Å². The van der Waals surface area contributed by atoms with Crippen LogP contribution in [-0.2, 0) is 5.41 Å². The number of fused-ring (bicyclic) bond motifs is 2. The second-order valence-corrected chi connectivity index (χ2v) is 9.60. The van der Waals surface area contributed by atoms with E-state index in [0.29, 0.717) is 13.1 Å². The van der Waals surface area contributed by atoms with Gasteiger partial charge in [-0.05, 0) is 36.8 Å². The van der Waals surface area contributed by atoms with E-state index in [1.165, 1.54) is 24.6 Å². The van der Waals surface area contributed by atoms with E-state index >= 15 is 0 Å². The highest BCUT2D eigenvalue weighted by molar-refractivity contribution is 5.99. The van der Waals surface area contributed by atoms with Crippen LogP contribution >= 0.6 is 0 Å². The lowest BCUT2D eigenvalue weighted by Gasteiger charge is -2.39. The van der Waals surface area contributed by atoms with Gasteiger partial charge in [-0.1, -0.05) is 55.7 Å². The SMILES string of the molecule is CNC(=O)c1cn(C2CCCCC2)cc(C(=O)N2CCC3(C=Cc4ccccc43)CC2)c1=O. The molecule has 1 N–H and O–H groups in total. The van der Waals surface area contributed by atoms with Crippen molar-refractivity contribution < 1.29 is 9.59 Å². The molecule has 1 aliphatic heterocycles. The van der Waals surface area contributed by atoms with Gasteiger partial charge in [0, 0.05) is 44.0 Å². The molecule has 1 saturated heterocycles. The first-order valence-electron chi connectivity index (χ1n) is 12.1. The number of piperidine rings is 1. The molecular formula is C27H31N3O3. The zero-order valence-electron chi connectivity index (χ0n) is 19.2. The molecule has 2 fully saturated rings. The Hall–Kier alpha value is -3.15. The number of carbonyl (C=O) groups is 2. The summed E-state index contributed by atoms with van der Waals surface area (Å²) in [6.45, 7) is 1.18. The van der Waals surface area contributed by atoms with Crippen LogP contribution in [0, 0.1) is 0 Å². The molecule has 3 aliphatic rings. The van der Waals surface area contributed by atoms with E-state index in [9.17, 15) is 14.4 Å². The molecule has 0 bridgehead atoms. The lowest BCUT2D eigenvalue weighted by molar-refractivity contribution is 0.0687. The Morgan fingerprint density at radius 1 is 1.00 bits per heavy atom. The van der Waals surface area contributed by atoms with Gasteiger partial charge in [0.1, 0.15) is 11.1 Å². The van der Waals surface area contributed by atoms with Crippen molar-refractivity contribution in [3.05, 3.63) is 75.2 Å². The maximum atomic E-state index is 13.5. The highest BCUT2D eigenvalue weighted by Crippen LogP contribution is 2.43. The summed E-state index contributed by atoms with van der Waals surface area (Å²) in [5, 5.41) is 2.56. The number of allylic oxidation sites excluding steroid dienone is 1. The molecule has 0 radical (unpaired) electrons. The Morgan fingerprint density at radius 3 is 2.42 bits per heavy atom. The molecule has 2 aromatic rings. The van der Waals surface area contributed by atoms with Crippen LogP contribution in [0.15, 0.2) is 47.5 Å². The third kappa shape index (κ3) is 3.81. The van der Waals surface area contributed by atoms with Gasteiger partial charge in [-0.3, -0.25) is 14.4 Å². The van der Waals surface area contributed by atoms with Crippen LogP contribution in [0.1, 0.15) is 82.8 Å². The van der Waals surface area contributed by atoms with Gasteiger partial charge in [-0.25, -0.2) is 0 Å². The first kappa shape index (κ1) is 21.7. The Bertz CT molecular complexity index is 1170. The molecule has 33 heavy (non-hydrogen) atoms. The summed E-state index contributed by atoms with van der Waals surface area (Å²) in [5.74, 6) is -0.704. The van der Waals surface area contributed by atoms with E-state index in [1.54, 1.807) is 17.3 Å². The van der Waals surface area contributed by atoms with E-state index in [4.69, 9.17) is 0 Å². The molecule has 2 heterocycles. The lowest BCUT2D eigenvalue weighted by atomic mass is 9.74. The number of nitrogens with zero attached hydrogens (tertiary/aromatic N) is 2. The number of carbonyl (C=O) groups excluding carboxylic acids is 2. The standard InChI is InChI=1S/C27H31N3O3/c1-28-25(32)21-17-30(20-8-3-2-4-9-20)18-22(24(21)31)26(33)29-15-13-27(14-16-29)12-11-19-7-5-6-10-23(19)27/h5-7,10-12,17-18,20H,2-4,8-9,13-16H2,1H3,(H,28,32). The molecule has 2 aliphatic carbocycles. The van der Waals surface area contributed by atoms with E-state index in [2.05, 4.69) is 41.7 Å². The van der Waals surface area contributed by atoms with Crippen LogP contribution in [-0.4, -0.2) is 41.4 Å².